The Morgan fingerprint density at radius 3 is 2.75 bits per heavy atom. The Kier molecular flexibility index (Phi) is 3.80. The lowest BCUT2D eigenvalue weighted by molar-refractivity contribution is 0.0317. The first-order valence-electron chi connectivity index (χ1n) is 5.23. The van der Waals surface area contributed by atoms with Gasteiger partial charge in [-0.25, -0.2) is 4.79 Å². The molecule has 2 atom stereocenters. The Labute approximate surface area is 99.3 Å². The molecule has 0 aliphatic carbocycles. The first kappa shape index (κ1) is 11.4. The van der Waals surface area contributed by atoms with Crippen LogP contribution in [0.15, 0.2) is 30.3 Å². The van der Waals surface area contributed by atoms with Crippen molar-refractivity contribution in [2.45, 2.75) is 18.6 Å². The van der Waals surface area contributed by atoms with Crippen molar-refractivity contribution in [2.24, 2.45) is 0 Å². The van der Waals surface area contributed by atoms with Crippen molar-refractivity contribution in [2.75, 3.05) is 12.5 Å². The van der Waals surface area contributed by atoms with E-state index in [-0.39, 0.29) is 18.2 Å². The Morgan fingerprint density at radius 2 is 2.19 bits per heavy atom. The van der Waals surface area contributed by atoms with Gasteiger partial charge in [-0.15, -0.1) is 11.6 Å². The van der Waals surface area contributed by atoms with E-state index in [2.05, 4.69) is 0 Å². The van der Waals surface area contributed by atoms with Crippen LogP contribution in [0.5, 0.6) is 0 Å². The van der Waals surface area contributed by atoms with Crippen LogP contribution < -0.4 is 0 Å². The molecule has 1 heterocycles. The minimum atomic E-state index is -0.327. The fourth-order valence-corrected chi connectivity index (χ4v) is 1.62. The number of alkyl halides is 1. The van der Waals surface area contributed by atoms with E-state index in [1.165, 1.54) is 0 Å². The second kappa shape index (κ2) is 5.32. The van der Waals surface area contributed by atoms with E-state index in [1.54, 1.807) is 24.3 Å². The molecule has 1 aliphatic rings. The first-order chi connectivity index (χ1) is 7.79. The van der Waals surface area contributed by atoms with E-state index >= 15 is 0 Å². The number of carbonyl (C=O) groups excluding carboxylic acids is 1. The smallest absolute Gasteiger partial charge is 0.338 e. The summed E-state index contributed by atoms with van der Waals surface area (Å²) in [6.07, 6.45) is 0.636. The molecular weight excluding hydrogens is 228 g/mol. The summed E-state index contributed by atoms with van der Waals surface area (Å²) in [6.45, 7) is 0.746. The zero-order valence-corrected chi connectivity index (χ0v) is 9.52. The Hall–Kier alpha value is -1.06. The highest BCUT2D eigenvalue weighted by atomic mass is 35.5. The summed E-state index contributed by atoms with van der Waals surface area (Å²) < 4.78 is 10.4. The summed E-state index contributed by atoms with van der Waals surface area (Å²) >= 11 is 5.74. The van der Waals surface area contributed by atoms with Crippen molar-refractivity contribution in [1.29, 1.82) is 0 Å². The fraction of sp³-hybridized carbons (Fsp3) is 0.417. The predicted octanol–water partition coefficient (Wildman–Crippen LogP) is 2.24. The molecule has 86 valence electrons. The molecule has 0 radical (unpaired) electrons. The molecule has 2 rings (SSSR count). The summed E-state index contributed by atoms with van der Waals surface area (Å²) in [7, 11) is 0. The average molecular weight is 241 g/mol. The summed E-state index contributed by atoms with van der Waals surface area (Å²) in [5.74, 6) is -0.0229. The minimum absolute atomic E-state index is 0.215. The monoisotopic (exact) mass is 240 g/mol. The van der Waals surface area contributed by atoms with Crippen LogP contribution >= 0.6 is 11.6 Å². The van der Waals surface area contributed by atoms with Crippen molar-refractivity contribution in [3.05, 3.63) is 35.9 Å². The molecular formula is C12H13ClO3. The molecule has 16 heavy (non-hydrogen) atoms. The van der Waals surface area contributed by atoms with Crippen molar-refractivity contribution >= 4 is 17.6 Å². The third-order valence-electron chi connectivity index (χ3n) is 2.38. The molecule has 0 aromatic heterocycles. The summed E-state index contributed by atoms with van der Waals surface area (Å²) in [5, 5.41) is 0. The van der Waals surface area contributed by atoms with Gasteiger partial charge >= 0.3 is 5.97 Å². The highest BCUT2D eigenvalue weighted by molar-refractivity contribution is 6.18. The fourth-order valence-electron chi connectivity index (χ4n) is 1.43. The zero-order chi connectivity index (χ0) is 11.4. The van der Waals surface area contributed by atoms with Crippen molar-refractivity contribution in [3.63, 3.8) is 0 Å². The zero-order valence-electron chi connectivity index (χ0n) is 8.77. The Morgan fingerprint density at radius 1 is 1.50 bits per heavy atom. The molecule has 1 fully saturated rings. The molecule has 0 unspecified atom stereocenters. The van der Waals surface area contributed by atoms with E-state index in [1.807, 2.05) is 6.07 Å². The van der Waals surface area contributed by atoms with Gasteiger partial charge in [-0.2, -0.15) is 0 Å². The third-order valence-corrected chi connectivity index (χ3v) is 2.73. The number of hydrogen-bond donors (Lipinski definition) is 0. The largest absolute Gasteiger partial charge is 0.457 e. The van der Waals surface area contributed by atoms with Gasteiger partial charge in [0.05, 0.1) is 24.2 Å². The molecule has 1 aliphatic heterocycles. The summed E-state index contributed by atoms with van der Waals surface area (Å²) in [6, 6.07) is 8.91. The van der Waals surface area contributed by atoms with Crippen LogP contribution in [-0.4, -0.2) is 30.7 Å². The quantitative estimate of drug-likeness (QED) is 0.450. The molecule has 3 nitrogen and oxygen atoms in total. The molecule has 0 N–H and O–H groups in total. The second-order valence-corrected chi connectivity index (χ2v) is 4.05. The van der Waals surface area contributed by atoms with Gasteiger partial charge < -0.3 is 9.47 Å². The number of carbonyl (C=O) groups is 1. The molecule has 1 aromatic rings. The number of epoxide rings is 1. The number of hydrogen-bond acceptors (Lipinski definition) is 3. The van der Waals surface area contributed by atoms with Crippen LogP contribution in [0.3, 0.4) is 0 Å². The number of ether oxygens (including phenoxy) is 2. The molecule has 1 saturated heterocycles. The van der Waals surface area contributed by atoms with Crippen molar-refractivity contribution in [1.82, 2.24) is 0 Å². The van der Waals surface area contributed by atoms with E-state index in [0.717, 1.165) is 6.61 Å². The number of benzene rings is 1. The van der Waals surface area contributed by atoms with E-state index in [4.69, 9.17) is 21.1 Å². The lowest BCUT2D eigenvalue weighted by Crippen LogP contribution is -2.21. The lowest BCUT2D eigenvalue weighted by atomic mass is 10.2. The number of halogens is 1. The van der Waals surface area contributed by atoms with Crippen LogP contribution in [0.1, 0.15) is 16.8 Å². The average Bonchev–Trinajstić information content (AvgIpc) is 3.13. The second-order valence-electron chi connectivity index (χ2n) is 3.74. The van der Waals surface area contributed by atoms with Gasteiger partial charge in [-0.3, -0.25) is 0 Å². The van der Waals surface area contributed by atoms with E-state index in [9.17, 15) is 4.79 Å². The van der Waals surface area contributed by atoms with Gasteiger partial charge in [-0.1, -0.05) is 18.2 Å². The summed E-state index contributed by atoms with van der Waals surface area (Å²) in [5.41, 5.74) is 0.550. The molecule has 0 bridgehead atoms. The van der Waals surface area contributed by atoms with Crippen LogP contribution in [0.4, 0.5) is 0 Å². The van der Waals surface area contributed by atoms with Gasteiger partial charge in [0.25, 0.3) is 0 Å². The normalized spacial score (nSPS) is 20.2. The Balaban J connectivity index is 1.89. The maximum Gasteiger partial charge on any atom is 0.338 e. The van der Waals surface area contributed by atoms with Gasteiger partial charge in [0.15, 0.2) is 0 Å². The minimum Gasteiger partial charge on any atom is -0.457 e. The predicted molar refractivity (Wildman–Crippen MR) is 60.7 cm³/mol. The van der Waals surface area contributed by atoms with Gasteiger partial charge in [-0.05, 0) is 12.1 Å². The van der Waals surface area contributed by atoms with Gasteiger partial charge in [0.2, 0.25) is 0 Å². The topological polar surface area (TPSA) is 38.8 Å². The van der Waals surface area contributed by atoms with Crippen LogP contribution in [-0.2, 0) is 9.47 Å². The number of esters is 1. The molecule has 0 amide bonds. The standard InChI is InChI=1S/C12H13ClO3/c13-7-10(6-11-8-15-11)16-12(14)9-4-2-1-3-5-9/h1-5,10-11H,6-8H2/t10-,11-/m1/s1. The van der Waals surface area contributed by atoms with Crippen LogP contribution in [0.25, 0.3) is 0 Å². The highest BCUT2D eigenvalue weighted by Crippen LogP contribution is 2.19. The van der Waals surface area contributed by atoms with Gasteiger partial charge in [0, 0.05) is 6.42 Å². The number of rotatable bonds is 5. The summed E-state index contributed by atoms with van der Waals surface area (Å²) in [4.78, 5) is 11.7. The third kappa shape index (κ3) is 3.22. The van der Waals surface area contributed by atoms with Gasteiger partial charge in [0.1, 0.15) is 6.10 Å². The molecule has 0 saturated carbocycles. The first-order valence-corrected chi connectivity index (χ1v) is 5.76. The van der Waals surface area contributed by atoms with Crippen LogP contribution in [0, 0.1) is 0 Å². The molecule has 1 aromatic carbocycles. The van der Waals surface area contributed by atoms with E-state index in [0.29, 0.717) is 17.9 Å². The Bertz CT molecular complexity index is 349. The van der Waals surface area contributed by atoms with Crippen LogP contribution in [0.2, 0.25) is 0 Å². The van der Waals surface area contributed by atoms with Crippen molar-refractivity contribution < 1.29 is 14.3 Å². The molecule has 4 heteroatoms. The lowest BCUT2D eigenvalue weighted by Gasteiger charge is -2.13. The SMILES string of the molecule is O=C(O[C@@H](CCl)C[C@@H]1CO1)c1ccccc1. The molecule has 0 spiro atoms. The van der Waals surface area contributed by atoms with Crippen molar-refractivity contribution in [3.8, 4) is 0 Å². The van der Waals surface area contributed by atoms with E-state index < -0.39 is 0 Å². The maximum absolute atomic E-state index is 11.7. The maximum atomic E-state index is 11.7. The highest BCUT2D eigenvalue weighted by Gasteiger charge is 2.28.